The maximum Gasteiger partial charge on any atom is 0.319 e. The Hall–Kier alpha value is -1.86. The minimum absolute atomic E-state index is 0.0297. The molecule has 6 nitrogen and oxygen atoms in total. The van der Waals surface area contributed by atoms with E-state index in [1.807, 2.05) is 13.8 Å². The SMILES string of the molecule is CC(C)Oc1ccc(NC(=O)NCCCN2CCOCC2)c(F)c1. The molecule has 0 atom stereocenters. The number of hydrogen-bond donors (Lipinski definition) is 2. The molecule has 1 aliphatic heterocycles. The van der Waals surface area contributed by atoms with Crippen molar-refractivity contribution in [1.82, 2.24) is 10.2 Å². The summed E-state index contributed by atoms with van der Waals surface area (Å²) >= 11 is 0. The molecule has 1 saturated heterocycles. The minimum atomic E-state index is -0.517. The van der Waals surface area contributed by atoms with Crippen molar-refractivity contribution < 1.29 is 18.7 Å². The standard InChI is InChI=1S/C17H26FN3O3/c1-13(2)24-14-4-5-16(15(18)12-14)20-17(22)19-6-3-7-21-8-10-23-11-9-21/h4-5,12-13H,3,6-11H2,1-2H3,(H2,19,20,22). The van der Waals surface area contributed by atoms with Gasteiger partial charge in [0.15, 0.2) is 0 Å². The number of benzene rings is 1. The van der Waals surface area contributed by atoms with Crippen LogP contribution in [0.5, 0.6) is 5.75 Å². The lowest BCUT2D eigenvalue weighted by atomic mass is 10.3. The van der Waals surface area contributed by atoms with Crippen molar-refractivity contribution >= 4 is 11.7 Å². The Morgan fingerprint density at radius 1 is 1.38 bits per heavy atom. The Labute approximate surface area is 142 Å². The predicted octanol–water partition coefficient (Wildman–Crippen LogP) is 2.46. The average Bonchev–Trinajstić information content (AvgIpc) is 2.55. The van der Waals surface area contributed by atoms with Crippen LogP contribution in [-0.2, 0) is 4.74 Å². The molecule has 1 heterocycles. The molecule has 0 unspecified atom stereocenters. The number of carbonyl (C=O) groups excluding carboxylic acids is 1. The number of carbonyl (C=O) groups is 1. The maximum absolute atomic E-state index is 14.0. The van der Waals surface area contributed by atoms with Crippen molar-refractivity contribution in [1.29, 1.82) is 0 Å². The summed E-state index contributed by atoms with van der Waals surface area (Å²) < 4.78 is 24.6. The fourth-order valence-electron chi connectivity index (χ4n) is 2.44. The lowest BCUT2D eigenvalue weighted by molar-refractivity contribution is 0.0375. The predicted molar refractivity (Wildman–Crippen MR) is 91.1 cm³/mol. The van der Waals surface area contributed by atoms with Crippen LogP contribution in [0.4, 0.5) is 14.9 Å². The van der Waals surface area contributed by atoms with Gasteiger partial charge in [0.2, 0.25) is 0 Å². The van der Waals surface area contributed by atoms with Crippen LogP contribution < -0.4 is 15.4 Å². The Morgan fingerprint density at radius 3 is 2.79 bits per heavy atom. The Balaban J connectivity index is 1.69. The molecule has 7 heteroatoms. The average molecular weight is 339 g/mol. The van der Waals surface area contributed by atoms with Crippen molar-refractivity contribution in [2.45, 2.75) is 26.4 Å². The second-order valence-corrected chi connectivity index (χ2v) is 6.00. The number of amides is 2. The summed E-state index contributed by atoms with van der Waals surface area (Å²) in [5.74, 6) is -0.0735. The summed E-state index contributed by atoms with van der Waals surface area (Å²) in [5.41, 5.74) is 0.136. The number of hydrogen-bond acceptors (Lipinski definition) is 4. The molecule has 0 aliphatic carbocycles. The van der Waals surface area contributed by atoms with Gasteiger partial charge in [-0.1, -0.05) is 0 Å². The van der Waals surface area contributed by atoms with Crippen LogP contribution in [0, 0.1) is 5.82 Å². The number of morpholine rings is 1. The number of nitrogens with one attached hydrogen (secondary N) is 2. The summed E-state index contributed by atoms with van der Waals surface area (Å²) in [7, 11) is 0. The van der Waals surface area contributed by atoms with Crippen LogP contribution >= 0.6 is 0 Å². The zero-order chi connectivity index (χ0) is 17.4. The van der Waals surface area contributed by atoms with Crippen molar-refractivity contribution in [3.05, 3.63) is 24.0 Å². The molecular weight excluding hydrogens is 313 g/mol. The number of nitrogens with zero attached hydrogens (tertiary/aromatic N) is 1. The van der Waals surface area contributed by atoms with E-state index in [4.69, 9.17) is 9.47 Å². The van der Waals surface area contributed by atoms with E-state index >= 15 is 0 Å². The second kappa shape index (κ2) is 9.44. The van der Waals surface area contributed by atoms with Crippen molar-refractivity contribution in [3.8, 4) is 5.75 Å². The van der Waals surface area contributed by atoms with Gasteiger partial charge in [-0.15, -0.1) is 0 Å². The smallest absolute Gasteiger partial charge is 0.319 e. The van der Waals surface area contributed by atoms with Gasteiger partial charge >= 0.3 is 6.03 Å². The molecule has 2 N–H and O–H groups in total. The monoisotopic (exact) mass is 339 g/mol. The number of rotatable bonds is 7. The highest BCUT2D eigenvalue weighted by atomic mass is 19.1. The fraction of sp³-hybridized carbons (Fsp3) is 0.588. The van der Waals surface area contributed by atoms with E-state index in [2.05, 4.69) is 15.5 Å². The summed E-state index contributed by atoms with van der Waals surface area (Å²) in [6, 6.07) is 4.00. The first-order chi connectivity index (χ1) is 11.5. The van der Waals surface area contributed by atoms with E-state index in [9.17, 15) is 9.18 Å². The Morgan fingerprint density at radius 2 is 2.12 bits per heavy atom. The van der Waals surface area contributed by atoms with Crippen LogP contribution in [0.25, 0.3) is 0 Å². The first-order valence-corrected chi connectivity index (χ1v) is 8.36. The Bertz CT molecular complexity index is 534. The van der Waals surface area contributed by atoms with Crippen LogP contribution in [0.2, 0.25) is 0 Å². The van der Waals surface area contributed by atoms with Gasteiger partial charge in [-0.2, -0.15) is 0 Å². The third-order valence-electron chi connectivity index (χ3n) is 3.60. The lowest BCUT2D eigenvalue weighted by Crippen LogP contribution is -2.38. The van der Waals surface area contributed by atoms with E-state index in [1.165, 1.54) is 12.1 Å². The van der Waals surface area contributed by atoms with Crippen molar-refractivity contribution in [3.63, 3.8) is 0 Å². The molecule has 1 fully saturated rings. The second-order valence-electron chi connectivity index (χ2n) is 6.00. The fourth-order valence-corrected chi connectivity index (χ4v) is 2.44. The van der Waals surface area contributed by atoms with Crippen LogP contribution in [0.3, 0.4) is 0 Å². The van der Waals surface area contributed by atoms with E-state index in [-0.39, 0.29) is 11.8 Å². The number of ether oxygens (including phenoxy) is 2. The topological polar surface area (TPSA) is 62.8 Å². The third kappa shape index (κ3) is 6.33. The van der Waals surface area contributed by atoms with Gasteiger partial charge in [0.05, 0.1) is 25.0 Å². The van der Waals surface area contributed by atoms with Gasteiger partial charge in [0.1, 0.15) is 11.6 Å². The largest absolute Gasteiger partial charge is 0.491 e. The van der Waals surface area contributed by atoms with Gasteiger partial charge in [-0.3, -0.25) is 4.90 Å². The van der Waals surface area contributed by atoms with Crippen LogP contribution in [0.1, 0.15) is 20.3 Å². The summed E-state index contributed by atoms with van der Waals surface area (Å²) in [6.45, 7) is 8.60. The normalized spacial score (nSPS) is 15.3. The molecule has 0 aromatic heterocycles. The third-order valence-corrected chi connectivity index (χ3v) is 3.60. The maximum atomic E-state index is 14.0. The molecule has 0 bridgehead atoms. The number of urea groups is 1. The zero-order valence-electron chi connectivity index (χ0n) is 14.3. The summed E-state index contributed by atoms with van der Waals surface area (Å²) in [6.07, 6.45) is 0.815. The highest BCUT2D eigenvalue weighted by molar-refractivity contribution is 5.89. The summed E-state index contributed by atoms with van der Waals surface area (Å²) in [5, 5.41) is 5.25. The first kappa shape index (κ1) is 18.5. The highest BCUT2D eigenvalue weighted by Crippen LogP contribution is 2.21. The minimum Gasteiger partial charge on any atom is -0.491 e. The molecule has 2 rings (SSSR count). The zero-order valence-corrected chi connectivity index (χ0v) is 14.3. The lowest BCUT2D eigenvalue weighted by Gasteiger charge is -2.26. The first-order valence-electron chi connectivity index (χ1n) is 8.36. The molecule has 1 aromatic carbocycles. The Kier molecular flexibility index (Phi) is 7.27. The number of anilines is 1. The quantitative estimate of drug-likeness (QED) is 0.749. The molecule has 134 valence electrons. The van der Waals surface area contributed by atoms with Crippen LogP contribution in [0.15, 0.2) is 18.2 Å². The molecule has 0 saturated carbocycles. The summed E-state index contributed by atoms with van der Waals surface area (Å²) in [4.78, 5) is 14.1. The van der Waals surface area contributed by atoms with Gasteiger partial charge in [0.25, 0.3) is 0 Å². The van der Waals surface area contributed by atoms with E-state index in [0.717, 1.165) is 39.3 Å². The van der Waals surface area contributed by atoms with Crippen molar-refractivity contribution in [2.75, 3.05) is 44.7 Å². The van der Waals surface area contributed by atoms with Gasteiger partial charge in [-0.05, 0) is 38.9 Å². The van der Waals surface area contributed by atoms with Crippen LogP contribution in [-0.4, -0.2) is 56.4 Å². The molecule has 24 heavy (non-hydrogen) atoms. The molecule has 0 spiro atoms. The molecule has 0 radical (unpaired) electrons. The van der Waals surface area contributed by atoms with E-state index in [0.29, 0.717) is 12.3 Å². The van der Waals surface area contributed by atoms with Gasteiger partial charge in [-0.25, -0.2) is 9.18 Å². The van der Waals surface area contributed by atoms with Crippen molar-refractivity contribution in [2.24, 2.45) is 0 Å². The number of halogens is 1. The van der Waals surface area contributed by atoms with Gasteiger partial charge < -0.3 is 20.1 Å². The molecule has 1 aromatic rings. The molecule has 1 aliphatic rings. The van der Waals surface area contributed by atoms with E-state index in [1.54, 1.807) is 6.07 Å². The molecular formula is C17H26FN3O3. The van der Waals surface area contributed by atoms with E-state index < -0.39 is 11.8 Å². The van der Waals surface area contributed by atoms with Gasteiger partial charge in [0, 0.05) is 25.7 Å². The molecule has 2 amide bonds. The highest BCUT2D eigenvalue weighted by Gasteiger charge is 2.11.